The average molecular weight is 331 g/mol. The molecule has 2 aromatic heterocycles. The summed E-state index contributed by atoms with van der Waals surface area (Å²) in [4.78, 5) is 25.8. The Balaban J connectivity index is 1.75. The Hall–Kier alpha value is -1.89. The standard InChI is InChI=1S/C16H21N5OS/c1-10(8-21-7-6-17-9-21)18-15(22)13-11(2)19-14(12-4-5-12)20-16(13)23-3/h6-7,9-10,12H,4-5,8H2,1-3H3,(H,18,22). The summed E-state index contributed by atoms with van der Waals surface area (Å²) >= 11 is 1.50. The second-order valence-electron chi connectivity index (χ2n) is 5.96. The summed E-state index contributed by atoms with van der Waals surface area (Å²) in [5.74, 6) is 1.26. The Labute approximate surface area is 140 Å². The molecule has 0 spiro atoms. The van der Waals surface area contributed by atoms with Gasteiger partial charge in [-0.15, -0.1) is 11.8 Å². The van der Waals surface area contributed by atoms with Crippen LogP contribution in [-0.4, -0.2) is 37.7 Å². The lowest BCUT2D eigenvalue weighted by atomic mass is 10.2. The summed E-state index contributed by atoms with van der Waals surface area (Å²) in [6, 6.07) is -0.00563. The van der Waals surface area contributed by atoms with Crippen LogP contribution in [0.2, 0.25) is 0 Å². The Bertz CT molecular complexity index is 697. The van der Waals surface area contributed by atoms with E-state index >= 15 is 0 Å². The fraction of sp³-hybridized carbons (Fsp3) is 0.500. The van der Waals surface area contributed by atoms with Gasteiger partial charge in [0.1, 0.15) is 10.9 Å². The molecule has 1 unspecified atom stereocenters. The Morgan fingerprint density at radius 2 is 2.26 bits per heavy atom. The number of imidazole rings is 1. The van der Waals surface area contributed by atoms with Crippen molar-refractivity contribution in [3.05, 3.63) is 35.8 Å². The third-order valence-electron chi connectivity index (χ3n) is 3.86. The van der Waals surface area contributed by atoms with E-state index in [1.165, 1.54) is 11.8 Å². The number of carbonyl (C=O) groups excluding carboxylic acids is 1. The second-order valence-corrected chi connectivity index (χ2v) is 6.75. The van der Waals surface area contributed by atoms with Crippen LogP contribution in [0.1, 0.15) is 47.6 Å². The van der Waals surface area contributed by atoms with Crippen molar-refractivity contribution >= 4 is 17.7 Å². The van der Waals surface area contributed by atoms with E-state index < -0.39 is 0 Å². The minimum atomic E-state index is -0.109. The molecule has 0 aliphatic heterocycles. The van der Waals surface area contributed by atoms with Gasteiger partial charge in [-0.05, 0) is 32.9 Å². The summed E-state index contributed by atoms with van der Waals surface area (Å²) in [6.07, 6.45) is 9.62. The van der Waals surface area contributed by atoms with Crippen LogP contribution in [0.4, 0.5) is 0 Å². The van der Waals surface area contributed by atoms with Crippen molar-refractivity contribution in [2.75, 3.05) is 6.26 Å². The number of thioether (sulfide) groups is 1. The SMILES string of the molecule is CSc1nc(C2CC2)nc(C)c1C(=O)NC(C)Cn1ccnc1. The minimum absolute atomic E-state index is 0.00563. The number of aromatic nitrogens is 4. The fourth-order valence-electron chi connectivity index (χ4n) is 2.55. The maximum atomic E-state index is 12.7. The topological polar surface area (TPSA) is 72.7 Å². The van der Waals surface area contributed by atoms with Crippen LogP contribution in [0, 0.1) is 6.92 Å². The predicted octanol–water partition coefficient (Wildman–Crippen LogP) is 2.40. The average Bonchev–Trinajstić information content (AvgIpc) is 3.24. The lowest BCUT2D eigenvalue weighted by Crippen LogP contribution is -2.36. The Kier molecular flexibility index (Phi) is 4.66. The lowest BCUT2D eigenvalue weighted by Gasteiger charge is -2.17. The first kappa shape index (κ1) is 16.0. The first-order valence-corrected chi connectivity index (χ1v) is 9.00. The quantitative estimate of drug-likeness (QED) is 0.650. The zero-order valence-electron chi connectivity index (χ0n) is 13.6. The van der Waals surface area contributed by atoms with Gasteiger partial charge >= 0.3 is 0 Å². The van der Waals surface area contributed by atoms with E-state index in [-0.39, 0.29) is 11.9 Å². The molecule has 2 heterocycles. The number of nitrogens with one attached hydrogen (secondary N) is 1. The molecule has 2 aromatic rings. The van der Waals surface area contributed by atoms with Gasteiger partial charge < -0.3 is 9.88 Å². The van der Waals surface area contributed by atoms with E-state index in [4.69, 9.17) is 0 Å². The van der Waals surface area contributed by atoms with Crippen LogP contribution in [-0.2, 0) is 6.54 Å². The van der Waals surface area contributed by atoms with Gasteiger partial charge in [0.15, 0.2) is 0 Å². The Morgan fingerprint density at radius 1 is 1.48 bits per heavy atom. The second kappa shape index (κ2) is 6.70. The van der Waals surface area contributed by atoms with Gasteiger partial charge in [-0.3, -0.25) is 4.79 Å². The van der Waals surface area contributed by atoms with Crippen LogP contribution in [0.25, 0.3) is 0 Å². The molecule has 6 nitrogen and oxygen atoms in total. The van der Waals surface area contributed by atoms with E-state index in [0.717, 1.165) is 29.4 Å². The molecule has 3 rings (SSSR count). The largest absolute Gasteiger partial charge is 0.348 e. The van der Waals surface area contributed by atoms with E-state index in [1.54, 1.807) is 12.5 Å². The Morgan fingerprint density at radius 3 is 2.87 bits per heavy atom. The smallest absolute Gasteiger partial charge is 0.256 e. The van der Waals surface area contributed by atoms with Gasteiger partial charge in [-0.1, -0.05) is 0 Å². The van der Waals surface area contributed by atoms with Gasteiger partial charge in [0.05, 0.1) is 17.6 Å². The van der Waals surface area contributed by atoms with Crippen molar-refractivity contribution in [1.82, 2.24) is 24.8 Å². The monoisotopic (exact) mass is 331 g/mol. The van der Waals surface area contributed by atoms with Crippen LogP contribution in [0.3, 0.4) is 0 Å². The fourth-order valence-corrected chi connectivity index (χ4v) is 3.18. The molecule has 0 aromatic carbocycles. The highest BCUT2D eigenvalue weighted by molar-refractivity contribution is 7.98. The number of hydrogen-bond donors (Lipinski definition) is 1. The van der Waals surface area contributed by atoms with Gasteiger partial charge in [0, 0.05) is 30.9 Å². The highest BCUT2D eigenvalue weighted by Gasteiger charge is 2.29. The zero-order valence-corrected chi connectivity index (χ0v) is 14.4. The summed E-state index contributed by atoms with van der Waals surface area (Å²) in [6.45, 7) is 4.55. The van der Waals surface area contributed by atoms with Crippen molar-refractivity contribution in [3.63, 3.8) is 0 Å². The van der Waals surface area contributed by atoms with E-state index in [2.05, 4.69) is 20.3 Å². The summed E-state index contributed by atoms with van der Waals surface area (Å²) < 4.78 is 1.94. The number of hydrogen-bond acceptors (Lipinski definition) is 5. The molecule has 0 saturated heterocycles. The summed E-state index contributed by atoms with van der Waals surface area (Å²) in [5, 5.41) is 3.80. The maximum Gasteiger partial charge on any atom is 0.256 e. The first-order valence-electron chi connectivity index (χ1n) is 7.77. The van der Waals surface area contributed by atoms with Gasteiger partial charge in [0.2, 0.25) is 0 Å². The third-order valence-corrected chi connectivity index (χ3v) is 4.54. The molecule has 122 valence electrons. The van der Waals surface area contributed by atoms with Gasteiger partial charge in [-0.25, -0.2) is 15.0 Å². The molecule has 1 amide bonds. The van der Waals surface area contributed by atoms with Crippen LogP contribution >= 0.6 is 11.8 Å². The summed E-state index contributed by atoms with van der Waals surface area (Å²) in [7, 11) is 0. The third kappa shape index (κ3) is 3.72. The summed E-state index contributed by atoms with van der Waals surface area (Å²) in [5.41, 5.74) is 1.36. The molecule has 1 fully saturated rings. The van der Waals surface area contributed by atoms with Crippen molar-refractivity contribution in [2.45, 2.75) is 50.2 Å². The molecule has 0 bridgehead atoms. The number of rotatable bonds is 6. The van der Waals surface area contributed by atoms with Crippen LogP contribution in [0.15, 0.2) is 23.7 Å². The van der Waals surface area contributed by atoms with Gasteiger partial charge in [-0.2, -0.15) is 0 Å². The van der Waals surface area contributed by atoms with E-state index in [0.29, 0.717) is 18.0 Å². The molecule has 1 N–H and O–H groups in total. The lowest BCUT2D eigenvalue weighted by molar-refractivity contribution is 0.0931. The van der Waals surface area contributed by atoms with Crippen molar-refractivity contribution in [3.8, 4) is 0 Å². The molecular weight excluding hydrogens is 310 g/mol. The van der Waals surface area contributed by atoms with E-state index in [9.17, 15) is 4.79 Å². The maximum absolute atomic E-state index is 12.7. The van der Waals surface area contributed by atoms with Crippen LogP contribution in [0.5, 0.6) is 0 Å². The number of aryl methyl sites for hydroxylation is 1. The number of amides is 1. The molecule has 1 aliphatic carbocycles. The molecule has 0 radical (unpaired) electrons. The van der Waals surface area contributed by atoms with Crippen molar-refractivity contribution in [1.29, 1.82) is 0 Å². The molecule has 1 atom stereocenters. The van der Waals surface area contributed by atoms with E-state index in [1.807, 2.05) is 30.9 Å². The van der Waals surface area contributed by atoms with Crippen molar-refractivity contribution in [2.24, 2.45) is 0 Å². The van der Waals surface area contributed by atoms with Crippen molar-refractivity contribution < 1.29 is 4.79 Å². The normalized spacial score (nSPS) is 15.4. The highest BCUT2D eigenvalue weighted by Crippen LogP contribution is 2.39. The molecule has 23 heavy (non-hydrogen) atoms. The molecule has 7 heteroatoms. The minimum Gasteiger partial charge on any atom is -0.348 e. The molecular formula is C16H21N5OS. The van der Waals surface area contributed by atoms with Crippen LogP contribution < -0.4 is 5.32 Å². The predicted molar refractivity (Wildman–Crippen MR) is 89.7 cm³/mol. The van der Waals surface area contributed by atoms with Gasteiger partial charge in [0.25, 0.3) is 5.91 Å². The molecule has 1 saturated carbocycles. The number of carbonyl (C=O) groups is 1. The molecule has 1 aliphatic rings. The highest BCUT2D eigenvalue weighted by atomic mass is 32.2. The zero-order chi connectivity index (χ0) is 16.4. The first-order chi connectivity index (χ1) is 11.1. The number of nitrogens with zero attached hydrogens (tertiary/aromatic N) is 4.